The average molecular weight is 274 g/mol. The number of benzene rings is 2. The van der Waals surface area contributed by atoms with Gasteiger partial charge in [-0.2, -0.15) is 0 Å². The molecule has 0 fully saturated rings. The molecule has 0 saturated heterocycles. The van der Waals surface area contributed by atoms with Crippen LogP contribution in [0, 0.1) is 0 Å². The van der Waals surface area contributed by atoms with E-state index in [1.807, 2.05) is 0 Å². The van der Waals surface area contributed by atoms with Gasteiger partial charge in [0.15, 0.2) is 0 Å². The van der Waals surface area contributed by atoms with Crippen molar-refractivity contribution in [2.45, 2.75) is 32.6 Å². The molecule has 0 bridgehead atoms. The van der Waals surface area contributed by atoms with Gasteiger partial charge in [0.05, 0.1) is 0 Å². The molecule has 0 radical (unpaired) electrons. The molecule has 1 unspecified atom stereocenters. The number of hydrogen-bond acceptors (Lipinski definition) is 0. The molecule has 0 aliphatic heterocycles. The van der Waals surface area contributed by atoms with E-state index in [-0.39, 0.29) is 5.41 Å². The van der Waals surface area contributed by atoms with Crippen molar-refractivity contribution in [3.8, 4) is 0 Å². The Kier molecular flexibility index (Phi) is 3.55. The highest BCUT2D eigenvalue weighted by Gasteiger charge is 2.35. The van der Waals surface area contributed by atoms with E-state index in [1.165, 1.54) is 27.8 Å². The van der Waals surface area contributed by atoms with Crippen LogP contribution in [0.4, 0.5) is 0 Å². The maximum absolute atomic E-state index is 2.38. The first kappa shape index (κ1) is 13.9. The van der Waals surface area contributed by atoms with E-state index in [9.17, 15) is 0 Å². The van der Waals surface area contributed by atoms with Crippen LogP contribution in [-0.4, -0.2) is 0 Å². The van der Waals surface area contributed by atoms with E-state index in [4.69, 9.17) is 0 Å². The molecule has 3 rings (SSSR count). The predicted octanol–water partition coefficient (Wildman–Crippen LogP) is 5.77. The summed E-state index contributed by atoms with van der Waals surface area (Å²) in [5.74, 6) is 0. The highest BCUT2D eigenvalue weighted by molar-refractivity contribution is 5.80. The van der Waals surface area contributed by atoms with Crippen LogP contribution >= 0.6 is 0 Å². The Morgan fingerprint density at radius 3 is 2.00 bits per heavy atom. The molecule has 1 aliphatic carbocycles. The molecule has 0 heteroatoms. The third kappa shape index (κ3) is 2.47. The van der Waals surface area contributed by atoms with Crippen LogP contribution in [0.25, 0.3) is 5.57 Å². The Hall–Kier alpha value is -2.08. The van der Waals surface area contributed by atoms with Crippen LogP contribution in [-0.2, 0) is 5.41 Å². The van der Waals surface area contributed by atoms with Crippen molar-refractivity contribution >= 4 is 5.57 Å². The molecule has 0 saturated carbocycles. The highest BCUT2D eigenvalue weighted by atomic mass is 14.4. The normalized spacial score (nSPS) is 22.1. The fraction of sp³-hybridized carbons (Fsp3) is 0.238. The topological polar surface area (TPSA) is 0 Å². The van der Waals surface area contributed by atoms with Gasteiger partial charge in [-0.1, -0.05) is 79.2 Å². The van der Waals surface area contributed by atoms with Crippen molar-refractivity contribution in [1.29, 1.82) is 0 Å². The smallest absolute Gasteiger partial charge is 0.0220 e. The molecule has 2 aromatic rings. The molecule has 0 spiro atoms. The number of hydrogen-bond donors (Lipinski definition) is 0. The summed E-state index contributed by atoms with van der Waals surface area (Å²) in [6.45, 7) is 6.86. The molecule has 21 heavy (non-hydrogen) atoms. The summed E-state index contributed by atoms with van der Waals surface area (Å²) in [6, 6.07) is 21.7. The zero-order valence-corrected chi connectivity index (χ0v) is 13.1. The lowest BCUT2D eigenvalue weighted by molar-refractivity contribution is 0.597. The minimum absolute atomic E-state index is 0.0472. The van der Waals surface area contributed by atoms with Crippen LogP contribution in [0.1, 0.15) is 38.3 Å². The fourth-order valence-electron chi connectivity index (χ4n) is 3.78. The van der Waals surface area contributed by atoms with Gasteiger partial charge in [-0.3, -0.25) is 0 Å². The second-order valence-electron chi connectivity index (χ2n) is 6.29. The van der Waals surface area contributed by atoms with E-state index in [0.29, 0.717) is 0 Å². The van der Waals surface area contributed by atoms with Crippen molar-refractivity contribution in [3.63, 3.8) is 0 Å². The van der Waals surface area contributed by atoms with Crippen molar-refractivity contribution in [3.05, 3.63) is 89.0 Å². The van der Waals surface area contributed by atoms with Crippen molar-refractivity contribution < 1.29 is 0 Å². The Bertz CT molecular complexity index is 689. The molecule has 1 aliphatic rings. The maximum atomic E-state index is 2.38. The lowest BCUT2D eigenvalue weighted by Crippen LogP contribution is -2.27. The van der Waals surface area contributed by atoms with Crippen LogP contribution in [0.5, 0.6) is 0 Å². The Balaban J connectivity index is 2.22. The summed E-state index contributed by atoms with van der Waals surface area (Å²) in [5, 5.41) is 0. The average Bonchev–Trinajstić information content (AvgIpc) is 2.48. The zero-order chi connectivity index (χ0) is 14.9. The van der Waals surface area contributed by atoms with E-state index < -0.39 is 0 Å². The van der Waals surface area contributed by atoms with Crippen LogP contribution < -0.4 is 0 Å². The highest BCUT2D eigenvalue weighted by Crippen LogP contribution is 2.47. The first-order valence-electron chi connectivity index (χ1n) is 7.61. The Morgan fingerprint density at radius 2 is 1.38 bits per heavy atom. The summed E-state index contributed by atoms with van der Waals surface area (Å²) in [5.41, 5.74) is 7.08. The molecule has 106 valence electrons. The minimum Gasteiger partial charge on any atom is -0.0718 e. The first-order valence-corrected chi connectivity index (χ1v) is 7.61. The van der Waals surface area contributed by atoms with Gasteiger partial charge in [0.1, 0.15) is 0 Å². The van der Waals surface area contributed by atoms with E-state index in [0.717, 1.165) is 6.42 Å². The van der Waals surface area contributed by atoms with E-state index in [2.05, 4.69) is 87.5 Å². The van der Waals surface area contributed by atoms with Crippen LogP contribution in [0.3, 0.4) is 0 Å². The van der Waals surface area contributed by atoms with Gasteiger partial charge >= 0.3 is 0 Å². The monoisotopic (exact) mass is 274 g/mol. The molecule has 2 aromatic carbocycles. The lowest BCUT2D eigenvalue weighted by atomic mass is 9.65. The van der Waals surface area contributed by atoms with Gasteiger partial charge in [-0.15, -0.1) is 0 Å². The molecule has 0 nitrogen and oxygen atoms in total. The summed E-state index contributed by atoms with van der Waals surface area (Å²) < 4.78 is 0. The van der Waals surface area contributed by atoms with Gasteiger partial charge in [0, 0.05) is 5.41 Å². The second kappa shape index (κ2) is 5.37. The van der Waals surface area contributed by atoms with Gasteiger partial charge in [-0.25, -0.2) is 0 Å². The molecule has 0 N–H and O–H groups in total. The van der Waals surface area contributed by atoms with Gasteiger partial charge in [0.2, 0.25) is 0 Å². The van der Waals surface area contributed by atoms with Crippen molar-refractivity contribution in [1.82, 2.24) is 0 Å². The quantitative estimate of drug-likeness (QED) is 0.652. The number of rotatable bonds is 2. The summed E-state index contributed by atoms with van der Waals surface area (Å²) >= 11 is 0. The minimum atomic E-state index is 0.0472. The molecule has 0 amide bonds. The van der Waals surface area contributed by atoms with Crippen LogP contribution in [0.2, 0.25) is 0 Å². The largest absolute Gasteiger partial charge is 0.0718 e. The van der Waals surface area contributed by atoms with Gasteiger partial charge in [0.25, 0.3) is 0 Å². The molecule has 0 aromatic heterocycles. The van der Waals surface area contributed by atoms with Crippen molar-refractivity contribution in [2.75, 3.05) is 0 Å². The van der Waals surface area contributed by atoms with E-state index in [1.54, 1.807) is 0 Å². The maximum Gasteiger partial charge on any atom is 0.0220 e. The third-order valence-corrected chi connectivity index (χ3v) is 4.51. The molecular weight excluding hydrogens is 252 g/mol. The second-order valence-corrected chi connectivity index (χ2v) is 6.29. The van der Waals surface area contributed by atoms with Crippen LogP contribution in [0.15, 0.2) is 77.9 Å². The summed E-state index contributed by atoms with van der Waals surface area (Å²) in [6.07, 6.45) is 3.42. The predicted molar refractivity (Wildman–Crippen MR) is 91.2 cm³/mol. The Morgan fingerprint density at radius 1 is 0.810 bits per heavy atom. The SMILES string of the molecule is CC1=CC(C)=C(c2ccccc2)C(C)(c2ccccc2)C1. The van der Waals surface area contributed by atoms with E-state index >= 15 is 0 Å². The summed E-state index contributed by atoms with van der Waals surface area (Å²) in [4.78, 5) is 0. The first-order chi connectivity index (χ1) is 10.1. The summed E-state index contributed by atoms with van der Waals surface area (Å²) in [7, 11) is 0. The lowest BCUT2D eigenvalue weighted by Gasteiger charge is -2.38. The third-order valence-electron chi connectivity index (χ3n) is 4.51. The van der Waals surface area contributed by atoms with Gasteiger partial charge < -0.3 is 0 Å². The fourth-order valence-corrected chi connectivity index (χ4v) is 3.78. The molecular formula is C21H22. The molecule has 1 atom stereocenters. The van der Waals surface area contributed by atoms with Crippen molar-refractivity contribution in [2.24, 2.45) is 0 Å². The Labute approximate surface area is 127 Å². The van der Waals surface area contributed by atoms with Gasteiger partial charge in [-0.05, 0) is 42.5 Å². The molecule has 0 heterocycles. The standard InChI is InChI=1S/C21H22/c1-16-14-17(2)20(18-10-6-4-7-11-18)21(3,15-16)19-12-8-5-9-13-19/h4-14H,15H2,1-3H3. The number of allylic oxidation sites excluding steroid dienone is 4. The zero-order valence-electron chi connectivity index (χ0n) is 13.1.